The van der Waals surface area contributed by atoms with E-state index in [4.69, 9.17) is 4.99 Å². The molecule has 3 rings (SSSR count). The van der Waals surface area contributed by atoms with Crippen LogP contribution in [-0.2, 0) is 0 Å². The molecule has 2 aromatic carbocycles. The second-order valence-corrected chi connectivity index (χ2v) is 5.75. The van der Waals surface area contributed by atoms with Gasteiger partial charge in [0.25, 0.3) is 0 Å². The van der Waals surface area contributed by atoms with Crippen LogP contribution in [0.4, 0.5) is 5.69 Å². The quantitative estimate of drug-likeness (QED) is 0.855. The molecular weight excluding hydrogens is 268 g/mol. The van der Waals surface area contributed by atoms with Gasteiger partial charge in [-0.25, -0.2) is 0 Å². The molecule has 0 saturated heterocycles. The van der Waals surface area contributed by atoms with Gasteiger partial charge in [-0.2, -0.15) is 0 Å². The molecule has 0 heterocycles. The fourth-order valence-corrected chi connectivity index (χ4v) is 3.37. The Kier molecular flexibility index (Phi) is 4.57. The van der Waals surface area contributed by atoms with Crippen molar-refractivity contribution in [2.24, 2.45) is 4.99 Å². The summed E-state index contributed by atoms with van der Waals surface area (Å²) >= 11 is 0. The van der Waals surface area contributed by atoms with Crippen LogP contribution in [0.1, 0.15) is 49.3 Å². The van der Waals surface area contributed by atoms with E-state index < -0.39 is 0 Å². The number of nitrogens with zero attached hydrogens (tertiary/aromatic N) is 1. The van der Waals surface area contributed by atoms with Crippen LogP contribution in [-0.4, -0.2) is 18.8 Å². The monoisotopic (exact) mass is 292 g/mol. The predicted molar refractivity (Wildman–Crippen MR) is 95.2 cm³/mol. The maximum absolute atomic E-state index is 4.70. The average Bonchev–Trinajstić information content (AvgIpc) is 2.57. The second-order valence-electron chi connectivity index (χ2n) is 5.75. The van der Waals surface area contributed by atoms with Gasteiger partial charge in [0.05, 0.1) is 0 Å². The summed E-state index contributed by atoms with van der Waals surface area (Å²) in [5, 5.41) is 3.36. The molecule has 0 fully saturated rings. The number of rotatable bonds is 4. The minimum Gasteiger partial charge on any atom is -0.385 e. The third-order valence-electron chi connectivity index (χ3n) is 4.36. The highest BCUT2D eigenvalue weighted by molar-refractivity contribution is 6.03. The largest absolute Gasteiger partial charge is 0.385 e. The van der Waals surface area contributed by atoms with Crippen LogP contribution >= 0.6 is 0 Å². The number of hydrogen-bond donors (Lipinski definition) is 1. The highest BCUT2D eigenvalue weighted by atomic mass is 14.8. The standard InChI is InChI=1S/C20H24N2/c1-3-21-16-11-9-15(10-12-16)17-13-14-20(22-4-2)19-8-6-5-7-18(17)19/h5-12,17,21H,3-4,13-14H2,1-2H3. The first-order valence-corrected chi connectivity index (χ1v) is 8.30. The number of aliphatic imine (C=N–C) groups is 1. The summed E-state index contributed by atoms with van der Waals surface area (Å²) in [6.07, 6.45) is 2.22. The van der Waals surface area contributed by atoms with Crippen molar-refractivity contribution in [3.63, 3.8) is 0 Å². The van der Waals surface area contributed by atoms with Gasteiger partial charge >= 0.3 is 0 Å². The summed E-state index contributed by atoms with van der Waals surface area (Å²) < 4.78 is 0. The van der Waals surface area contributed by atoms with Crippen LogP contribution in [0.25, 0.3) is 0 Å². The zero-order chi connectivity index (χ0) is 15.4. The summed E-state index contributed by atoms with van der Waals surface area (Å²) in [6.45, 7) is 6.06. The van der Waals surface area contributed by atoms with E-state index >= 15 is 0 Å². The SMILES string of the molecule is CCN=C1CCC(c2ccc(NCC)cc2)c2ccccc21. The van der Waals surface area contributed by atoms with Crippen LogP contribution < -0.4 is 5.32 Å². The van der Waals surface area contributed by atoms with Crippen molar-refractivity contribution in [1.82, 2.24) is 0 Å². The minimum absolute atomic E-state index is 0.489. The fraction of sp³-hybridized carbons (Fsp3) is 0.350. The summed E-state index contributed by atoms with van der Waals surface area (Å²) in [5.74, 6) is 0.489. The first-order valence-electron chi connectivity index (χ1n) is 8.30. The highest BCUT2D eigenvalue weighted by Crippen LogP contribution is 2.37. The molecule has 2 heteroatoms. The van der Waals surface area contributed by atoms with Crippen LogP contribution in [0, 0.1) is 0 Å². The Bertz CT molecular complexity index is 656. The second kappa shape index (κ2) is 6.78. The van der Waals surface area contributed by atoms with Gasteiger partial charge in [0, 0.05) is 30.4 Å². The molecule has 0 aromatic heterocycles. The molecule has 1 atom stereocenters. The zero-order valence-electron chi connectivity index (χ0n) is 13.5. The summed E-state index contributed by atoms with van der Waals surface area (Å²) in [6, 6.07) is 17.7. The maximum Gasteiger partial charge on any atom is 0.0423 e. The van der Waals surface area contributed by atoms with E-state index in [0.29, 0.717) is 5.92 Å². The molecule has 0 bridgehead atoms. The average molecular weight is 292 g/mol. The molecule has 1 unspecified atom stereocenters. The van der Waals surface area contributed by atoms with Gasteiger partial charge < -0.3 is 5.32 Å². The zero-order valence-corrected chi connectivity index (χ0v) is 13.5. The summed E-state index contributed by atoms with van der Waals surface area (Å²) in [5.41, 5.74) is 6.65. The van der Waals surface area contributed by atoms with Gasteiger partial charge in [0.1, 0.15) is 0 Å². The molecule has 1 aliphatic rings. The Morgan fingerprint density at radius 1 is 1.05 bits per heavy atom. The van der Waals surface area contributed by atoms with Crippen molar-refractivity contribution in [2.45, 2.75) is 32.6 Å². The van der Waals surface area contributed by atoms with E-state index in [1.54, 1.807) is 0 Å². The van der Waals surface area contributed by atoms with Crippen molar-refractivity contribution in [1.29, 1.82) is 0 Å². The number of fused-ring (bicyclic) bond motifs is 1. The molecule has 1 N–H and O–H groups in total. The van der Waals surface area contributed by atoms with E-state index in [1.165, 1.54) is 28.1 Å². The highest BCUT2D eigenvalue weighted by Gasteiger charge is 2.24. The van der Waals surface area contributed by atoms with E-state index in [2.05, 4.69) is 67.7 Å². The third-order valence-corrected chi connectivity index (χ3v) is 4.36. The van der Waals surface area contributed by atoms with E-state index in [0.717, 1.165) is 25.9 Å². The van der Waals surface area contributed by atoms with Gasteiger partial charge in [-0.3, -0.25) is 4.99 Å². The van der Waals surface area contributed by atoms with Crippen LogP contribution in [0.5, 0.6) is 0 Å². The molecular formula is C20H24N2. The van der Waals surface area contributed by atoms with Crippen molar-refractivity contribution < 1.29 is 0 Å². The molecule has 0 saturated carbocycles. The van der Waals surface area contributed by atoms with Crippen molar-refractivity contribution >= 4 is 11.4 Å². The molecule has 0 radical (unpaired) electrons. The van der Waals surface area contributed by atoms with E-state index in [9.17, 15) is 0 Å². The molecule has 0 amide bonds. The Labute approximate surface area is 133 Å². The van der Waals surface area contributed by atoms with Crippen LogP contribution in [0.2, 0.25) is 0 Å². The van der Waals surface area contributed by atoms with Crippen molar-refractivity contribution in [3.8, 4) is 0 Å². The van der Waals surface area contributed by atoms with Gasteiger partial charge in [-0.1, -0.05) is 36.4 Å². The smallest absolute Gasteiger partial charge is 0.0423 e. The normalized spacial score (nSPS) is 19.0. The Balaban J connectivity index is 1.95. The lowest BCUT2D eigenvalue weighted by Gasteiger charge is -2.27. The molecule has 2 nitrogen and oxygen atoms in total. The fourth-order valence-electron chi connectivity index (χ4n) is 3.37. The van der Waals surface area contributed by atoms with Gasteiger partial charge in [-0.15, -0.1) is 0 Å². The predicted octanol–water partition coefficient (Wildman–Crippen LogP) is 4.85. The Morgan fingerprint density at radius 2 is 1.82 bits per heavy atom. The molecule has 22 heavy (non-hydrogen) atoms. The van der Waals surface area contributed by atoms with Crippen LogP contribution in [0.3, 0.4) is 0 Å². The number of nitrogens with one attached hydrogen (secondary N) is 1. The third kappa shape index (κ3) is 2.92. The molecule has 2 aromatic rings. The summed E-state index contributed by atoms with van der Waals surface area (Å²) in [7, 11) is 0. The van der Waals surface area contributed by atoms with Crippen molar-refractivity contribution in [2.75, 3.05) is 18.4 Å². The van der Waals surface area contributed by atoms with Gasteiger partial charge in [-0.05, 0) is 55.5 Å². The molecule has 114 valence electrons. The topological polar surface area (TPSA) is 24.4 Å². The Hall–Kier alpha value is -2.09. The minimum atomic E-state index is 0.489. The maximum atomic E-state index is 4.70. The van der Waals surface area contributed by atoms with Gasteiger partial charge in [0.15, 0.2) is 0 Å². The molecule has 0 spiro atoms. The number of anilines is 1. The van der Waals surface area contributed by atoms with Crippen LogP contribution in [0.15, 0.2) is 53.5 Å². The number of hydrogen-bond acceptors (Lipinski definition) is 2. The lowest BCUT2D eigenvalue weighted by molar-refractivity contribution is 0.721. The lowest BCUT2D eigenvalue weighted by Crippen LogP contribution is -2.17. The van der Waals surface area contributed by atoms with Crippen molar-refractivity contribution in [3.05, 3.63) is 65.2 Å². The lowest BCUT2D eigenvalue weighted by atomic mass is 9.78. The molecule has 0 aliphatic heterocycles. The van der Waals surface area contributed by atoms with Gasteiger partial charge in [0.2, 0.25) is 0 Å². The molecule has 1 aliphatic carbocycles. The van der Waals surface area contributed by atoms with E-state index in [1.807, 2.05) is 0 Å². The summed E-state index contributed by atoms with van der Waals surface area (Å²) in [4.78, 5) is 4.70. The Morgan fingerprint density at radius 3 is 2.55 bits per heavy atom. The number of benzene rings is 2. The van der Waals surface area contributed by atoms with E-state index in [-0.39, 0.29) is 0 Å². The first kappa shape index (κ1) is 14.8. The first-order chi connectivity index (χ1) is 10.8.